The van der Waals surface area contributed by atoms with E-state index in [0.29, 0.717) is 36.9 Å². The van der Waals surface area contributed by atoms with E-state index >= 15 is 0 Å². The lowest BCUT2D eigenvalue weighted by atomic mass is 10.2. The van der Waals surface area contributed by atoms with Crippen LogP contribution in [0.25, 0.3) is 0 Å². The molecule has 9 heteroatoms. The molecule has 1 N–H and O–H groups in total. The van der Waals surface area contributed by atoms with Crippen LogP contribution in [-0.4, -0.2) is 75.7 Å². The Kier molecular flexibility index (Phi) is 10.2. The number of ether oxygens (including phenoxy) is 3. The molecular formula is C19H31IN4O4. The molecule has 1 saturated heterocycles. The lowest BCUT2D eigenvalue weighted by Gasteiger charge is -2.36. The Morgan fingerprint density at radius 1 is 1.04 bits per heavy atom. The predicted molar refractivity (Wildman–Crippen MR) is 120 cm³/mol. The van der Waals surface area contributed by atoms with Gasteiger partial charge in [0, 0.05) is 39.6 Å². The summed E-state index contributed by atoms with van der Waals surface area (Å²) in [5.74, 6) is 2.76. The first kappa shape index (κ1) is 24.1. The Bertz CT molecular complexity index is 651. The standard InChI is InChI=1S/C19H30N4O4.HI/c1-6-20-19(23-9-7-22(8-10-23)14(2)24)21-13-15-11-16(25-3)18(27-5)17(12-15)26-4;/h11-12H,6-10,13H2,1-5H3,(H,20,21);1H. The van der Waals surface area contributed by atoms with Gasteiger partial charge in [-0.25, -0.2) is 4.99 Å². The molecule has 0 aliphatic carbocycles. The van der Waals surface area contributed by atoms with E-state index in [0.717, 1.165) is 31.2 Å². The summed E-state index contributed by atoms with van der Waals surface area (Å²) in [6.07, 6.45) is 0. The van der Waals surface area contributed by atoms with Crippen molar-refractivity contribution in [1.82, 2.24) is 15.1 Å². The fourth-order valence-corrected chi connectivity index (χ4v) is 3.05. The second-order valence-corrected chi connectivity index (χ2v) is 6.20. The van der Waals surface area contributed by atoms with Crippen LogP contribution in [-0.2, 0) is 11.3 Å². The van der Waals surface area contributed by atoms with Crippen LogP contribution >= 0.6 is 24.0 Å². The molecule has 2 rings (SSSR count). The zero-order valence-electron chi connectivity index (χ0n) is 17.3. The number of piperazine rings is 1. The number of benzene rings is 1. The molecule has 1 heterocycles. The van der Waals surface area contributed by atoms with Crippen LogP contribution in [0.4, 0.5) is 0 Å². The first-order chi connectivity index (χ1) is 13.0. The maximum atomic E-state index is 11.5. The van der Waals surface area contributed by atoms with Crippen molar-refractivity contribution in [3.8, 4) is 17.2 Å². The highest BCUT2D eigenvalue weighted by Gasteiger charge is 2.21. The van der Waals surface area contributed by atoms with Gasteiger partial charge in [0.25, 0.3) is 0 Å². The highest BCUT2D eigenvalue weighted by Crippen LogP contribution is 2.38. The van der Waals surface area contributed by atoms with Gasteiger partial charge in [-0.1, -0.05) is 0 Å². The summed E-state index contributed by atoms with van der Waals surface area (Å²) in [7, 11) is 4.79. The molecule has 0 spiro atoms. The van der Waals surface area contributed by atoms with Crippen molar-refractivity contribution < 1.29 is 19.0 Å². The Morgan fingerprint density at radius 3 is 2.00 bits per heavy atom. The van der Waals surface area contributed by atoms with Crippen molar-refractivity contribution in [3.05, 3.63) is 17.7 Å². The molecule has 0 bridgehead atoms. The van der Waals surface area contributed by atoms with Gasteiger partial charge in [0.05, 0.1) is 27.9 Å². The van der Waals surface area contributed by atoms with E-state index in [-0.39, 0.29) is 29.9 Å². The number of nitrogens with one attached hydrogen (secondary N) is 1. The lowest BCUT2D eigenvalue weighted by molar-refractivity contribution is -0.130. The number of guanidine groups is 1. The van der Waals surface area contributed by atoms with Gasteiger partial charge in [0.2, 0.25) is 11.7 Å². The smallest absolute Gasteiger partial charge is 0.219 e. The number of rotatable bonds is 6. The third-order valence-corrected chi connectivity index (χ3v) is 4.50. The topological polar surface area (TPSA) is 75.6 Å². The second-order valence-electron chi connectivity index (χ2n) is 6.20. The number of carbonyl (C=O) groups is 1. The number of nitrogens with zero attached hydrogens (tertiary/aromatic N) is 3. The number of amides is 1. The first-order valence-corrected chi connectivity index (χ1v) is 9.11. The molecule has 1 aromatic carbocycles. The van der Waals surface area contributed by atoms with Crippen molar-refractivity contribution >= 4 is 35.8 Å². The van der Waals surface area contributed by atoms with Gasteiger partial charge in [0.15, 0.2) is 17.5 Å². The molecule has 1 amide bonds. The zero-order valence-corrected chi connectivity index (χ0v) is 19.6. The summed E-state index contributed by atoms with van der Waals surface area (Å²) in [6, 6.07) is 3.81. The molecule has 8 nitrogen and oxygen atoms in total. The molecular weight excluding hydrogens is 475 g/mol. The summed E-state index contributed by atoms with van der Waals surface area (Å²) >= 11 is 0. The minimum absolute atomic E-state index is 0. The van der Waals surface area contributed by atoms with Crippen LogP contribution in [0.5, 0.6) is 17.2 Å². The molecule has 1 aliphatic heterocycles. The minimum atomic E-state index is 0. The van der Waals surface area contributed by atoms with Crippen molar-refractivity contribution in [3.63, 3.8) is 0 Å². The highest BCUT2D eigenvalue weighted by atomic mass is 127. The van der Waals surface area contributed by atoms with Crippen LogP contribution in [0, 0.1) is 0 Å². The number of hydrogen-bond donors (Lipinski definition) is 1. The maximum Gasteiger partial charge on any atom is 0.219 e. The van der Waals surface area contributed by atoms with Crippen molar-refractivity contribution in [2.45, 2.75) is 20.4 Å². The normalized spacial score (nSPS) is 14.2. The van der Waals surface area contributed by atoms with Gasteiger partial charge < -0.3 is 29.3 Å². The molecule has 1 aromatic rings. The third kappa shape index (κ3) is 6.05. The Balaban J connectivity index is 0.00000392. The zero-order chi connectivity index (χ0) is 19.8. The monoisotopic (exact) mass is 506 g/mol. The molecule has 0 atom stereocenters. The molecule has 0 unspecified atom stereocenters. The van der Waals surface area contributed by atoms with E-state index in [1.54, 1.807) is 28.3 Å². The van der Waals surface area contributed by atoms with Crippen LogP contribution in [0.2, 0.25) is 0 Å². The fourth-order valence-electron chi connectivity index (χ4n) is 3.05. The average Bonchev–Trinajstić information content (AvgIpc) is 2.70. The quantitative estimate of drug-likeness (QED) is 0.362. The van der Waals surface area contributed by atoms with E-state index < -0.39 is 0 Å². The van der Waals surface area contributed by atoms with E-state index in [1.165, 1.54) is 0 Å². The molecule has 1 aliphatic rings. The number of halogens is 1. The van der Waals surface area contributed by atoms with Gasteiger partial charge in [-0.2, -0.15) is 0 Å². The van der Waals surface area contributed by atoms with Gasteiger partial charge >= 0.3 is 0 Å². The molecule has 1 fully saturated rings. The van der Waals surface area contributed by atoms with Crippen LogP contribution in [0.15, 0.2) is 17.1 Å². The van der Waals surface area contributed by atoms with E-state index in [4.69, 9.17) is 19.2 Å². The van der Waals surface area contributed by atoms with E-state index in [2.05, 4.69) is 10.2 Å². The molecule has 0 radical (unpaired) electrons. The molecule has 28 heavy (non-hydrogen) atoms. The summed E-state index contributed by atoms with van der Waals surface area (Å²) in [6.45, 7) is 7.86. The largest absolute Gasteiger partial charge is 0.493 e. The number of methoxy groups -OCH3 is 3. The SMILES string of the molecule is CCNC(=NCc1cc(OC)c(OC)c(OC)c1)N1CCN(C(C)=O)CC1.I. The first-order valence-electron chi connectivity index (χ1n) is 9.11. The van der Waals surface area contributed by atoms with Gasteiger partial charge in [0.1, 0.15) is 0 Å². The van der Waals surface area contributed by atoms with Crippen LogP contribution < -0.4 is 19.5 Å². The van der Waals surface area contributed by atoms with Gasteiger partial charge in [-0.3, -0.25) is 4.79 Å². The third-order valence-electron chi connectivity index (χ3n) is 4.50. The van der Waals surface area contributed by atoms with Crippen molar-refractivity contribution in [2.24, 2.45) is 4.99 Å². The summed E-state index contributed by atoms with van der Waals surface area (Å²) in [5.41, 5.74) is 0.960. The predicted octanol–water partition coefficient (Wildman–Crippen LogP) is 1.96. The number of aliphatic imine (C=N–C) groups is 1. The maximum absolute atomic E-state index is 11.5. The summed E-state index contributed by atoms with van der Waals surface area (Å²) in [5, 5.41) is 3.33. The Hall–Kier alpha value is -1.91. The van der Waals surface area contributed by atoms with E-state index in [1.807, 2.05) is 24.0 Å². The van der Waals surface area contributed by atoms with Gasteiger partial charge in [-0.15, -0.1) is 24.0 Å². The summed E-state index contributed by atoms with van der Waals surface area (Å²) < 4.78 is 16.2. The average molecular weight is 506 g/mol. The highest BCUT2D eigenvalue weighted by molar-refractivity contribution is 14.0. The fraction of sp³-hybridized carbons (Fsp3) is 0.579. The van der Waals surface area contributed by atoms with E-state index in [9.17, 15) is 4.79 Å². The number of hydrogen-bond acceptors (Lipinski definition) is 5. The Labute approximate surface area is 184 Å². The van der Waals surface area contributed by atoms with Crippen LogP contribution in [0.3, 0.4) is 0 Å². The molecule has 0 aromatic heterocycles. The van der Waals surface area contributed by atoms with Crippen LogP contribution in [0.1, 0.15) is 19.4 Å². The lowest BCUT2D eigenvalue weighted by Crippen LogP contribution is -2.53. The van der Waals surface area contributed by atoms with Crippen molar-refractivity contribution in [2.75, 3.05) is 54.1 Å². The number of carbonyl (C=O) groups excluding carboxylic acids is 1. The second kappa shape index (κ2) is 11.8. The minimum Gasteiger partial charge on any atom is -0.493 e. The molecule has 0 saturated carbocycles. The van der Waals surface area contributed by atoms with Gasteiger partial charge in [-0.05, 0) is 24.6 Å². The summed E-state index contributed by atoms with van der Waals surface area (Å²) in [4.78, 5) is 20.3. The molecule has 158 valence electrons. The Morgan fingerprint density at radius 2 is 1.57 bits per heavy atom. The van der Waals surface area contributed by atoms with Crippen molar-refractivity contribution in [1.29, 1.82) is 0 Å².